The maximum atomic E-state index is 11.0. The Kier molecular flexibility index (Phi) is 3.14. The van der Waals surface area contributed by atoms with E-state index in [0.29, 0.717) is 5.56 Å². The number of anilines is 1. The average molecular weight is 200 g/mol. The molecule has 0 radical (unpaired) electrons. The first-order valence-electron chi connectivity index (χ1n) is 3.75. The molecular formula is C9H10ClNO2. The predicted molar refractivity (Wildman–Crippen MR) is 52.0 cm³/mol. The van der Waals surface area contributed by atoms with E-state index < -0.39 is 5.97 Å². The molecule has 0 saturated carbocycles. The first-order chi connectivity index (χ1) is 6.15. The lowest BCUT2D eigenvalue weighted by Gasteiger charge is -2.12. The second-order valence-electron chi connectivity index (χ2n) is 2.81. The van der Waals surface area contributed by atoms with E-state index in [1.54, 1.807) is 18.2 Å². The van der Waals surface area contributed by atoms with Crippen molar-refractivity contribution in [2.75, 3.05) is 19.0 Å². The third-order valence-electron chi connectivity index (χ3n) is 1.67. The molecule has 0 spiro atoms. The van der Waals surface area contributed by atoms with E-state index in [4.69, 9.17) is 11.9 Å². The van der Waals surface area contributed by atoms with Crippen LogP contribution < -0.4 is 4.90 Å². The Hall–Kier alpha value is -1.22. The minimum absolute atomic E-state index is 0.446. The van der Waals surface area contributed by atoms with Gasteiger partial charge in [0.25, 0.3) is 0 Å². The van der Waals surface area contributed by atoms with Gasteiger partial charge in [0.05, 0.1) is 5.56 Å². The van der Waals surface area contributed by atoms with E-state index in [9.17, 15) is 4.79 Å². The van der Waals surface area contributed by atoms with Gasteiger partial charge >= 0.3 is 5.97 Å². The first-order valence-corrected chi connectivity index (χ1v) is 4.06. The molecule has 0 unspecified atom stereocenters. The Morgan fingerprint density at radius 2 is 2.15 bits per heavy atom. The number of hydrogen-bond acceptors (Lipinski definition) is 3. The number of hydrogen-bond donors (Lipinski definition) is 0. The predicted octanol–water partition coefficient (Wildman–Crippen LogP) is 2.06. The topological polar surface area (TPSA) is 29.5 Å². The second kappa shape index (κ2) is 4.14. The lowest BCUT2D eigenvalue weighted by molar-refractivity contribution is 0.0751. The molecule has 0 saturated heterocycles. The average Bonchev–Trinajstić information content (AvgIpc) is 2.17. The van der Waals surface area contributed by atoms with Crippen LogP contribution in [0.3, 0.4) is 0 Å². The van der Waals surface area contributed by atoms with Crippen LogP contribution in [-0.4, -0.2) is 20.1 Å². The second-order valence-corrected chi connectivity index (χ2v) is 2.96. The zero-order valence-corrected chi connectivity index (χ0v) is 8.21. The summed E-state index contributed by atoms with van der Waals surface area (Å²) in [5, 5.41) is 0. The van der Waals surface area contributed by atoms with Gasteiger partial charge in [-0.3, -0.25) is 0 Å². The molecule has 0 amide bonds. The summed E-state index contributed by atoms with van der Waals surface area (Å²) < 4.78 is 4.09. The maximum absolute atomic E-state index is 11.0. The van der Waals surface area contributed by atoms with Crippen LogP contribution in [0.5, 0.6) is 0 Å². The quantitative estimate of drug-likeness (QED) is 0.730. The number of halogens is 1. The summed E-state index contributed by atoms with van der Waals surface area (Å²) in [5.74, 6) is -0.537. The Balaban J connectivity index is 2.98. The maximum Gasteiger partial charge on any atom is 0.356 e. The van der Waals surface area contributed by atoms with Crippen molar-refractivity contribution < 1.29 is 9.08 Å². The van der Waals surface area contributed by atoms with Gasteiger partial charge in [-0.2, -0.15) is 0 Å². The highest BCUT2D eigenvalue weighted by Gasteiger charge is 2.06. The molecule has 0 heterocycles. The van der Waals surface area contributed by atoms with Crippen molar-refractivity contribution in [3.63, 3.8) is 0 Å². The van der Waals surface area contributed by atoms with Gasteiger partial charge in [-0.15, -0.1) is 0 Å². The van der Waals surface area contributed by atoms with Crippen LogP contribution in [-0.2, 0) is 4.29 Å². The standard InChI is InChI=1S/C9H10ClNO2/c1-11(2)8-5-3-4-7(6-8)9(12)13-10/h3-6H,1-2H3. The molecular weight excluding hydrogens is 190 g/mol. The monoisotopic (exact) mass is 199 g/mol. The van der Waals surface area contributed by atoms with E-state index in [0.717, 1.165) is 5.69 Å². The van der Waals surface area contributed by atoms with Gasteiger partial charge in [0.15, 0.2) is 0 Å². The minimum Gasteiger partial charge on any atom is -0.378 e. The highest BCUT2D eigenvalue weighted by Crippen LogP contribution is 2.14. The molecule has 0 aliphatic carbocycles. The fraction of sp³-hybridized carbons (Fsp3) is 0.222. The van der Waals surface area contributed by atoms with Crippen LogP contribution in [0.4, 0.5) is 5.69 Å². The first kappa shape index (κ1) is 9.86. The van der Waals surface area contributed by atoms with E-state index in [2.05, 4.69) is 4.29 Å². The van der Waals surface area contributed by atoms with E-state index >= 15 is 0 Å². The Morgan fingerprint density at radius 3 is 2.69 bits per heavy atom. The van der Waals surface area contributed by atoms with Crippen LogP contribution in [0.1, 0.15) is 10.4 Å². The summed E-state index contributed by atoms with van der Waals surface area (Å²) in [7, 11) is 3.79. The fourth-order valence-corrected chi connectivity index (χ4v) is 1.04. The Bertz CT molecular complexity index is 312. The molecule has 0 aliphatic heterocycles. The van der Waals surface area contributed by atoms with Crippen molar-refractivity contribution in [1.82, 2.24) is 0 Å². The minimum atomic E-state index is -0.537. The van der Waals surface area contributed by atoms with Gasteiger partial charge in [-0.1, -0.05) is 6.07 Å². The molecule has 0 N–H and O–H groups in total. The smallest absolute Gasteiger partial charge is 0.356 e. The lowest BCUT2D eigenvalue weighted by atomic mass is 10.2. The van der Waals surface area contributed by atoms with Crippen LogP contribution in [0.25, 0.3) is 0 Å². The molecule has 0 aromatic heterocycles. The van der Waals surface area contributed by atoms with Crippen molar-refractivity contribution >= 4 is 23.5 Å². The van der Waals surface area contributed by atoms with Crippen LogP contribution in [0.2, 0.25) is 0 Å². The fourth-order valence-electron chi connectivity index (χ4n) is 0.956. The summed E-state index contributed by atoms with van der Waals surface area (Å²) in [6, 6.07) is 7.03. The number of benzene rings is 1. The summed E-state index contributed by atoms with van der Waals surface area (Å²) in [4.78, 5) is 12.9. The molecule has 1 rings (SSSR count). The van der Waals surface area contributed by atoms with Crippen LogP contribution in [0.15, 0.2) is 24.3 Å². The lowest BCUT2D eigenvalue weighted by Crippen LogP contribution is -2.09. The zero-order chi connectivity index (χ0) is 9.84. The number of carbonyl (C=O) groups excluding carboxylic acids is 1. The van der Waals surface area contributed by atoms with E-state index in [1.165, 1.54) is 0 Å². The molecule has 70 valence electrons. The van der Waals surface area contributed by atoms with E-state index in [-0.39, 0.29) is 0 Å². The summed E-state index contributed by atoms with van der Waals surface area (Å²) in [5.41, 5.74) is 1.38. The van der Waals surface area contributed by atoms with Gasteiger partial charge in [-0.25, -0.2) is 4.79 Å². The van der Waals surface area contributed by atoms with Crippen LogP contribution in [0, 0.1) is 0 Å². The molecule has 0 aliphatic rings. The third kappa shape index (κ3) is 2.36. The highest BCUT2D eigenvalue weighted by molar-refractivity contribution is 6.15. The number of nitrogens with zero attached hydrogens (tertiary/aromatic N) is 1. The van der Waals surface area contributed by atoms with Crippen molar-refractivity contribution in [2.45, 2.75) is 0 Å². The number of carbonyl (C=O) groups is 1. The third-order valence-corrected chi connectivity index (χ3v) is 1.81. The summed E-state index contributed by atoms with van der Waals surface area (Å²) >= 11 is 4.96. The highest BCUT2D eigenvalue weighted by atomic mass is 35.5. The molecule has 1 aromatic carbocycles. The van der Waals surface area contributed by atoms with Crippen molar-refractivity contribution in [3.05, 3.63) is 29.8 Å². The van der Waals surface area contributed by atoms with Crippen LogP contribution >= 0.6 is 11.9 Å². The molecule has 0 fully saturated rings. The van der Waals surface area contributed by atoms with Gasteiger partial charge in [0.1, 0.15) is 11.9 Å². The molecule has 0 atom stereocenters. The number of rotatable bonds is 2. The molecule has 0 bridgehead atoms. The summed E-state index contributed by atoms with van der Waals surface area (Å²) in [6.07, 6.45) is 0. The van der Waals surface area contributed by atoms with Gasteiger partial charge in [0.2, 0.25) is 0 Å². The summed E-state index contributed by atoms with van der Waals surface area (Å²) in [6.45, 7) is 0. The molecule has 4 heteroatoms. The Labute approximate surface area is 82.0 Å². The van der Waals surface area contributed by atoms with Crippen molar-refractivity contribution in [1.29, 1.82) is 0 Å². The van der Waals surface area contributed by atoms with Gasteiger partial charge < -0.3 is 9.19 Å². The molecule has 3 nitrogen and oxygen atoms in total. The Morgan fingerprint density at radius 1 is 1.46 bits per heavy atom. The normalized spacial score (nSPS) is 9.46. The van der Waals surface area contributed by atoms with E-state index in [1.807, 2.05) is 25.1 Å². The van der Waals surface area contributed by atoms with Gasteiger partial charge in [0, 0.05) is 19.8 Å². The van der Waals surface area contributed by atoms with Crippen molar-refractivity contribution in [2.24, 2.45) is 0 Å². The SMILES string of the molecule is CN(C)c1cccc(C(=O)OCl)c1. The molecule has 1 aromatic rings. The largest absolute Gasteiger partial charge is 0.378 e. The molecule has 13 heavy (non-hydrogen) atoms. The van der Waals surface area contributed by atoms with Gasteiger partial charge in [-0.05, 0) is 18.2 Å². The van der Waals surface area contributed by atoms with Crippen molar-refractivity contribution in [3.8, 4) is 0 Å². The zero-order valence-electron chi connectivity index (χ0n) is 7.45.